The second kappa shape index (κ2) is 10.0. The fourth-order valence-electron chi connectivity index (χ4n) is 1.49. The van der Waals surface area contributed by atoms with Crippen molar-refractivity contribution in [2.24, 2.45) is 5.41 Å². The maximum Gasteiger partial charge on any atom is 0.0484 e. The molecule has 0 bridgehead atoms. The first kappa shape index (κ1) is 15.4. The van der Waals surface area contributed by atoms with Crippen molar-refractivity contribution < 1.29 is 5.11 Å². The molecule has 1 unspecified atom stereocenters. The third-order valence-electron chi connectivity index (χ3n) is 2.37. The van der Waals surface area contributed by atoms with Crippen molar-refractivity contribution in [2.45, 2.75) is 66.7 Å². The van der Waals surface area contributed by atoms with Crippen LogP contribution in [0.25, 0.3) is 0 Å². The lowest BCUT2D eigenvalue weighted by molar-refractivity contribution is 0.119. The molecule has 0 radical (unpaired) electrons. The molecule has 0 saturated carbocycles. The highest BCUT2D eigenvalue weighted by Gasteiger charge is 2.20. The van der Waals surface area contributed by atoms with Gasteiger partial charge < -0.3 is 5.11 Å². The van der Waals surface area contributed by atoms with Gasteiger partial charge in [0.25, 0.3) is 0 Å². The first-order valence-corrected chi connectivity index (χ1v) is 5.79. The van der Waals surface area contributed by atoms with Crippen LogP contribution in [-0.2, 0) is 0 Å². The molecule has 0 aliphatic heterocycles. The highest BCUT2D eigenvalue weighted by Crippen LogP contribution is 2.28. The number of hydrogen-bond donors (Lipinski definition) is 1. The first-order chi connectivity index (χ1) is 6.18. The minimum Gasteiger partial charge on any atom is -0.396 e. The Labute approximate surface area is 84.6 Å². The van der Waals surface area contributed by atoms with Gasteiger partial charge in [-0.15, -0.1) is 0 Å². The van der Waals surface area contributed by atoms with E-state index in [0.29, 0.717) is 6.61 Å². The van der Waals surface area contributed by atoms with Crippen molar-refractivity contribution in [3.8, 4) is 0 Å². The third-order valence-corrected chi connectivity index (χ3v) is 2.37. The van der Waals surface area contributed by atoms with Crippen LogP contribution in [0.3, 0.4) is 0 Å². The van der Waals surface area contributed by atoms with Gasteiger partial charge in [-0.2, -0.15) is 0 Å². The number of rotatable bonds is 6. The topological polar surface area (TPSA) is 20.2 Å². The SMILES string of the molecule is CC.CCCCC(C)(CO)CCC. The molecule has 0 aliphatic rings. The molecular formula is C12H28O. The summed E-state index contributed by atoms with van der Waals surface area (Å²) in [7, 11) is 0. The second-order valence-corrected chi connectivity index (χ2v) is 3.82. The van der Waals surface area contributed by atoms with Gasteiger partial charge in [0.1, 0.15) is 0 Å². The summed E-state index contributed by atoms with van der Waals surface area (Å²) >= 11 is 0. The molecule has 0 rings (SSSR count). The Hall–Kier alpha value is -0.0400. The van der Waals surface area contributed by atoms with Gasteiger partial charge in [-0.25, -0.2) is 0 Å². The summed E-state index contributed by atoms with van der Waals surface area (Å²) in [4.78, 5) is 0. The van der Waals surface area contributed by atoms with E-state index in [0.717, 1.165) is 6.42 Å². The zero-order valence-electron chi connectivity index (χ0n) is 10.2. The lowest BCUT2D eigenvalue weighted by atomic mass is 9.82. The summed E-state index contributed by atoms with van der Waals surface area (Å²) < 4.78 is 0. The van der Waals surface area contributed by atoms with Crippen molar-refractivity contribution in [1.29, 1.82) is 0 Å². The lowest BCUT2D eigenvalue weighted by Gasteiger charge is -2.26. The Balaban J connectivity index is 0. The Morgan fingerprint density at radius 1 is 1.00 bits per heavy atom. The molecule has 1 nitrogen and oxygen atoms in total. The van der Waals surface area contributed by atoms with E-state index in [1.807, 2.05) is 13.8 Å². The quantitative estimate of drug-likeness (QED) is 0.668. The molecule has 0 aromatic carbocycles. The Kier molecular flexibility index (Phi) is 11.9. The molecule has 1 atom stereocenters. The molecule has 13 heavy (non-hydrogen) atoms. The molecule has 0 fully saturated rings. The molecule has 0 saturated heterocycles. The van der Waals surface area contributed by atoms with Crippen LogP contribution in [-0.4, -0.2) is 11.7 Å². The zero-order chi connectivity index (χ0) is 10.7. The Morgan fingerprint density at radius 2 is 1.54 bits per heavy atom. The lowest BCUT2D eigenvalue weighted by Crippen LogP contribution is -2.20. The van der Waals surface area contributed by atoms with Gasteiger partial charge in [-0.3, -0.25) is 0 Å². The van der Waals surface area contributed by atoms with Crippen LogP contribution >= 0.6 is 0 Å². The fourth-order valence-corrected chi connectivity index (χ4v) is 1.49. The van der Waals surface area contributed by atoms with Crippen LogP contribution in [0.2, 0.25) is 0 Å². The molecule has 1 N–H and O–H groups in total. The van der Waals surface area contributed by atoms with Gasteiger partial charge in [0.05, 0.1) is 0 Å². The monoisotopic (exact) mass is 188 g/mol. The zero-order valence-corrected chi connectivity index (χ0v) is 10.2. The molecule has 0 heterocycles. The fraction of sp³-hybridized carbons (Fsp3) is 1.00. The van der Waals surface area contributed by atoms with E-state index in [2.05, 4.69) is 20.8 Å². The van der Waals surface area contributed by atoms with Crippen LogP contribution in [0.15, 0.2) is 0 Å². The highest BCUT2D eigenvalue weighted by molar-refractivity contribution is 4.72. The van der Waals surface area contributed by atoms with Gasteiger partial charge in [0.15, 0.2) is 0 Å². The van der Waals surface area contributed by atoms with Crippen molar-refractivity contribution in [3.05, 3.63) is 0 Å². The van der Waals surface area contributed by atoms with E-state index >= 15 is 0 Å². The maximum absolute atomic E-state index is 9.14. The average molecular weight is 188 g/mol. The molecule has 0 aliphatic carbocycles. The highest BCUT2D eigenvalue weighted by atomic mass is 16.3. The molecular weight excluding hydrogens is 160 g/mol. The third kappa shape index (κ3) is 8.29. The van der Waals surface area contributed by atoms with Gasteiger partial charge >= 0.3 is 0 Å². The second-order valence-electron chi connectivity index (χ2n) is 3.82. The number of hydrogen-bond acceptors (Lipinski definition) is 1. The summed E-state index contributed by atoms with van der Waals surface area (Å²) in [5.41, 5.74) is 0.199. The van der Waals surface area contributed by atoms with E-state index < -0.39 is 0 Å². The van der Waals surface area contributed by atoms with Crippen LogP contribution in [0.5, 0.6) is 0 Å². The van der Waals surface area contributed by atoms with Gasteiger partial charge in [-0.05, 0) is 18.3 Å². The van der Waals surface area contributed by atoms with Crippen molar-refractivity contribution in [1.82, 2.24) is 0 Å². The minimum absolute atomic E-state index is 0.199. The summed E-state index contributed by atoms with van der Waals surface area (Å²) in [6.45, 7) is 10.9. The Bertz CT molecular complexity index is 91.1. The molecule has 0 aromatic rings. The van der Waals surface area contributed by atoms with Gasteiger partial charge in [0, 0.05) is 6.61 Å². The van der Waals surface area contributed by atoms with Crippen LogP contribution in [0, 0.1) is 5.41 Å². The van der Waals surface area contributed by atoms with Crippen LogP contribution in [0.4, 0.5) is 0 Å². The standard InChI is InChI=1S/C10H22O.C2H6/c1-4-6-8-10(3,9-11)7-5-2;1-2/h11H,4-9H2,1-3H3;1-2H3. The summed E-state index contributed by atoms with van der Waals surface area (Å²) in [5, 5.41) is 9.14. The predicted octanol–water partition coefficient (Wildman–Crippen LogP) is 4.00. The number of unbranched alkanes of at least 4 members (excludes halogenated alkanes) is 1. The van der Waals surface area contributed by atoms with E-state index in [-0.39, 0.29) is 5.41 Å². The van der Waals surface area contributed by atoms with Crippen LogP contribution in [0.1, 0.15) is 66.7 Å². The summed E-state index contributed by atoms with van der Waals surface area (Å²) in [6, 6.07) is 0. The molecule has 0 spiro atoms. The largest absolute Gasteiger partial charge is 0.396 e. The summed E-state index contributed by atoms with van der Waals surface area (Å²) in [5.74, 6) is 0. The average Bonchev–Trinajstić information content (AvgIpc) is 2.18. The first-order valence-electron chi connectivity index (χ1n) is 5.79. The van der Waals surface area contributed by atoms with Crippen molar-refractivity contribution in [2.75, 3.05) is 6.61 Å². The van der Waals surface area contributed by atoms with Gasteiger partial charge in [-0.1, -0.05) is 53.9 Å². The smallest absolute Gasteiger partial charge is 0.0484 e. The van der Waals surface area contributed by atoms with Crippen LogP contribution < -0.4 is 0 Å². The molecule has 0 aromatic heterocycles. The molecule has 1 heteroatoms. The minimum atomic E-state index is 0.199. The predicted molar refractivity (Wildman–Crippen MR) is 61.0 cm³/mol. The van der Waals surface area contributed by atoms with E-state index in [4.69, 9.17) is 5.11 Å². The number of aliphatic hydroxyl groups is 1. The Morgan fingerprint density at radius 3 is 1.85 bits per heavy atom. The van der Waals surface area contributed by atoms with Gasteiger partial charge in [0.2, 0.25) is 0 Å². The van der Waals surface area contributed by atoms with Crippen molar-refractivity contribution >= 4 is 0 Å². The van der Waals surface area contributed by atoms with E-state index in [1.165, 1.54) is 25.7 Å². The van der Waals surface area contributed by atoms with E-state index in [9.17, 15) is 0 Å². The van der Waals surface area contributed by atoms with Crippen molar-refractivity contribution in [3.63, 3.8) is 0 Å². The maximum atomic E-state index is 9.14. The normalized spacial score (nSPS) is 14.3. The molecule has 82 valence electrons. The summed E-state index contributed by atoms with van der Waals surface area (Å²) in [6.07, 6.45) is 5.99. The number of aliphatic hydroxyl groups excluding tert-OH is 1. The van der Waals surface area contributed by atoms with E-state index in [1.54, 1.807) is 0 Å². The molecule has 0 amide bonds.